The van der Waals surface area contributed by atoms with E-state index in [1.165, 1.54) is 19.2 Å². The van der Waals surface area contributed by atoms with Crippen LogP contribution in [-0.4, -0.2) is 19.7 Å². The number of halogens is 1. The SMILES string of the molecule is CCCCCn1cc2c(Cl)ncnc2n1. The number of nitrogens with zero attached hydrogens (tertiary/aromatic N) is 4. The van der Waals surface area contributed by atoms with Gasteiger partial charge in [-0.15, -0.1) is 0 Å². The van der Waals surface area contributed by atoms with E-state index in [1.54, 1.807) is 0 Å². The van der Waals surface area contributed by atoms with Crippen molar-refractivity contribution in [3.05, 3.63) is 17.7 Å². The van der Waals surface area contributed by atoms with Crippen molar-refractivity contribution < 1.29 is 0 Å². The van der Waals surface area contributed by atoms with Crippen molar-refractivity contribution in [1.82, 2.24) is 19.7 Å². The fourth-order valence-corrected chi connectivity index (χ4v) is 1.67. The molecule has 0 fully saturated rings. The van der Waals surface area contributed by atoms with Crippen molar-refractivity contribution in [1.29, 1.82) is 0 Å². The number of aromatic nitrogens is 4. The van der Waals surface area contributed by atoms with E-state index >= 15 is 0 Å². The van der Waals surface area contributed by atoms with Crippen LogP contribution in [0.15, 0.2) is 12.5 Å². The Kier molecular flexibility index (Phi) is 3.16. The number of unbranched alkanes of at least 4 members (excludes halogenated alkanes) is 2. The molecule has 2 aromatic rings. The zero-order chi connectivity index (χ0) is 10.7. The molecule has 2 rings (SSSR count). The highest BCUT2D eigenvalue weighted by Crippen LogP contribution is 2.17. The smallest absolute Gasteiger partial charge is 0.185 e. The first kappa shape index (κ1) is 10.4. The van der Waals surface area contributed by atoms with Crippen molar-refractivity contribution >= 4 is 22.6 Å². The van der Waals surface area contributed by atoms with Gasteiger partial charge in [0.25, 0.3) is 0 Å². The summed E-state index contributed by atoms with van der Waals surface area (Å²) in [4.78, 5) is 7.98. The molecule has 5 heteroatoms. The van der Waals surface area contributed by atoms with Crippen molar-refractivity contribution in [2.45, 2.75) is 32.7 Å². The third kappa shape index (κ3) is 2.26. The molecule has 0 aromatic carbocycles. The summed E-state index contributed by atoms with van der Waals surface area (Å²) in [5.41, 5.74) is 0.673. The zero-order valence-electron chi connectivity index (χ0n) is 8.65. The zero-order valence-corrected chi connectivity index (χ0v) is 9.41. The third-order valence-corrected chi connectivity index (χ3v) is 2.61. The fraction of sp³-hybridized carbons (Fsp3) is 0.500. The average Bonchev–Trinajstić information content (AvgIpc) is 2.63. The summed E-state index contributed by atoms with van der Waals surface area (Å²) in [5, 5.41) is 5.63. The van der Waals surface area contributed by atoms with Gasteiger partial charge in [-0.05, 0) is 6.42 Å². The molecule has 0 unspecified atom stereocenters. The van der Waals surface area contributed by atoms with Crippen molar-refractivity contribution in [2.75, 3.05) is 0 Å². The van der Waals surface area contributed by atoms with Crippen LogP contribution in [0.1, 0.15) is 26.2 Å². The van der Waals surface area contributed by atoms with Crippen LogP contribution in [0.2, 0.25) is 5.15 Å². The molecule has 0 spiro atoms. The van der Waals surface area contributed by atoms with E-state index < -0.39 is 0 Å². The molecule has 2 aromatic heterocycles. The van der Waals surface area contributed by atoms with Crippen LogP contribution in [0.3, 0.4) is 0 Å². The van der Waals surface area contributed by atoms with Crippen molar-refractivity contribution in [3.63, 3.8) is 0 Å². The van der Waals surface area contributed by atoms with E-state index in [2.05, 4.69) is 22.0 Å². The average molecular weight is 225 g/mol. The van der Waals surface area contributed by atoms with Crippen LogP contribution < -0.4 is 0 Å². The molecule has 0 N–H and O–H groups in total. The summed E-state index contributed by atoms with van der Waals surface area (Å²) >= 11 is 5.93. The Morgan fingerprint density at radius 3 is 2.93 bits per heavy atom. The Balaban J connectivity index is 2.20. The monoisotopic (exact) mass is 224 g/mol. The molecule has 0 aliphatic heterocycles. The Bertz CT molecular complexity index is 452. The standard InChI is InChI=1S/C10H13ClN4/c1-2-3-4-5-15-6-8-9(11)12-7-13-10(8)14-15/h6-7H,2-5H2,1H3. The Hall–Kier alpha value is -1.16. The highest BCUT2D eigenvalue weighted by molar-refractivity contribution is 6.33. The van der Waals surface area contributed by atoms with E-state index in [0.717, 1.165) is 18.4 Å². The van der Waals surface area contributed by atoms with Gasteiger partial charge in [-0.25, -0.2) is 9.97 Å². The van der Waals surface area contributed by atoms with Crippen LogP contribution in [0, 0.1) is 0 Å². The number of fused-ring (bicyclic) bond motifs is 1. The summed E-state index contributed by atoms with van der Waals surface area (Å²) in [6.07, 6.45) is 6.91. The van der Waals surface area contributed by atoms with Gasteiger partial charge < -0.3 is 0 Å². The molecule has 4 nitrogen and oxygen atoms in total. The third-order valence-electron chi connectivity index (χ3n) is 2.31. The number of hydrogen-bond acceptors (Lipinski definition) is 3. The lowest BCUT2D eigenvalue weighted by atomic mass is 10.2. The first-order chi connectivity index (χ1) is 7.31. The van der Waals surface area contributed by atoms with Gasteiger partial charge >= 0.3 is 0 Å². The van der Waals surface area contributed by atoms with Gasteiger partial charge in [-0.3, -0.25) is 4.68 Å². The van der Waals surface area contributed by atoms with Crippen LogP contribution in [0.4, 0.5) is 0 Å². The van der Waals surface area contributed by atoms with Crippen LogP contribution in [0.25, 0.3) is 11.0 Å². The second-order valence-electron chi connectivity index (χ2n) is 3.50. The molecule has 0 amide bonds. The van der Waals surface area contributed by atoms with E-state index in [0.29, 0.717) is 10.8 Å². The minimum atomic E-state index is 0.474. The maximum Gasteiger partial charge on any atom is 0.185 e. The van der Waals surface area contributed by atoms with E-state index in [-0.39, 0.29) is 0 Å². The molecule has 0 radical (unpaired) electrons. The maximum atomic E-state index is 5.93. The molecule has 15 heavy (non-hydrogen) atoms. The van der Waals surface area contributed by atoms with E-state index in [4.69, 9.17) is 11.6 Å². The van der Waals surface area contributed by atoms with Gasteiger partial charge in [-0.1, -0.05) is 31.4 Å². The van der Waals surface area contributed by atoms with Crippen molar-refractivity contribution in [2.24, 2.45) is 0 Å². The lowest BCUT2D eigenvalue weighted by molar-refractivity contribution is 0.556. The quantitative estimate of drug-likeness (QED) is 0.593. The first-order valence-electron chi connectivity index (χ1n) is 5.15. The first-order valence-corrected chi connectivity index (χ1v) is 5.52. The molecule has 0 saturated carbocycles. The lowest BCUT2D eigenvalue weighted by Crippen LogP contribution is -1.97. The molecule has 0 saturated heterocycles. The van der Waals surface area contributed by atoms with Crippen molar-refractivity contribution in [3.8, 4) is 0 Å². The van der Waals surface area contributed by atoms with Crippen LogP contribution in [-0.2, 0) is 6.54 Å². The molecule has 0 bridgehead atoms. The lowest BCUT2D eigenvalue weighted by Gasteiger charge is -1.97. The summed E-state index contributed by atoms with van der Waals surface area (Å²) in [6.45, 7) is 3.10. The molecular weight excluding hydrogens is 212 g/mol. The van der Waals surface area contributed by atoms with Crippen LogP contribution >= 0.6 is 11.6 Å². The molecule has 0 aliphatic carbocycles. The molecule has 0 atom stereocenters. The van der Waals surface area contributed by atoms with Gasteiger partial charge in [0.05, 0.1) is 5.39 Å². The fourth-order valence-electron chi connectivity index (χ4n) is 1.49. The molecular formula is C10H13ClN4. The minimum Gasteiger partial charge on any atom is -0.270 e. The van der Waals surface area contributed by atoms with Gasteiger partial charge in [-0.2, -0.15) is 5.10 Å². The topological polar surface area (TPSA) is 43.6 Å². The normalized spacial score (nSPS) is 11.1. The summed E-state index contributed by atoms with van der Waals surface area (Å²) in [7, 11) is 0. The largest absolute Gasteiger partial charge is 0.270 e. The second-order valence-corrected chi connectivity index (χ2v) is 3.86. The Labute approximate surface area is 93.3 Å². The number of rotatable bonds is 4. The summed E-state index contributed by atoms with van der Waals surface area (Å²) in [5.74, 6) is 0. The van der Waals surface area contributed by atoms with E-state index in [9.17, 15) is 0 Å². The van der Waals surface area contributed by atoms with Gasteiger partial charge in [0.1, 0.15) is 11.5 Å². The predicted molar refractivity (Wildman–Crippen MR) is 59.9 cm³/mol. The van der Waals surface area contributed by atoms with Gasteiger partial charge in [0.2, 0.25) is 0 Å². The molecule has 80 valence electrons. The number of hydrogen-bond donors (Lipinski definition) is 0. The van der Waals surface area contributed by atoms with E-state index in [1.807, 2.05) is 10.9 Å². The highest BCUT2D eigenvalue weighted by Gasteiger charge is 2.05. The Morgan fingerprint density at radius 1 is 1.33 bits per heavy atom. The van der Waals surface area contributed by atoms with Gasteiger partial charge in [0.15, 0.2) is 5.65 Å². The summed E-state index contributed by atoms with van der Waals surface area (Å²) in [6, 6.07) is 0. The molecule has 0 aliphatic rings. The maximum absolute atomic E-state index is 5.93. The predicted octanol–water partition coefficient (Wildman–Crippen LogP) is 2.67. The van der Waals surface area contributed by atoms with Crippen LogP contribution in [0.5, 0.6) is 0 Å². The minimum absolute atomic E-state index is 0.474. The van der Waals surface area contributed by atoms with Gasteiger partial charge in [0, 0.05) is 12.7 Å². The highest BCUT2D eigenvalue weighted by atomic mass is 35.5. The molecule has 2 heterocycles. The second kappa shape index (κ2) is 4.57. The Morgan fingerprint density at radius 2 is 2.20 bits per heavy atom. The number of aryl methyl sites for hydroxylation is 1. The summed E-state index contributed by atoms with van der Waals surface area (Å²) < 4.78 is 1.89.